The summed E-state index contributed by atoms with van der Waals surface area (Å²) in [6, 6.07) is 10.9. The molecule has 7 nitrogen and oxygen atoms in total. The maximum Gasteiger partial charge on any atom is 0.269 e. The molecule has 0 saturated heterocycles. The van der Waals surface area contributed by atoms with E-state index in [1.807, 2.05) is 6.92 Å². The summed E-state index contributed by atoms with van der Waals surface area (Å²) >= 11 is 5.89. The number of benzene rings is 2. The number of hydrogen-bond acceptors (Lipinski definition) is 5. The average molecular weight is 453 g/mol. The molecule has 0 aromatic heterocycles. The minimum atomic E-state index is -3.40. The maximum atomic E-state index is 12.1. The number of nitrogens with one attached hydrogen (secondary N) is 2. The lowest BCUT2D eigenvalue weighted by atomic mass is 10.2. The molecule has 0 radical (unpaired) electrons. The van der Waals surface area contributed by atoms with E-state index in [1.54, 1.807) is 32.0 Å². The standard InChI is InChI=1S/C21H25ClN2O5S/c1-14(2)30(27,28)18-9-6-16(7-10-18)21(26)24-23-20(25)5-4-12-29-19-11-8-17(22)13-15(19)3/h6-11,13-14H,4-5,12H2,1-3H3,(H,23,25)(H,24,26). The van der Waals surface area contributed by atoms with Crippen molar-refractivity contribution in [2.24, 2.45) is 0 Å². The van der Waals surface area contributed by atoms with Gasteiger partial charge in [0.25, 0.3) is 5.91 Å². The molecule has 0 fully saturated rings. The Hall–Kier alpha value is -2.58. The van der Waals surface area contributed by atoms with Crippen molar-refractivity contribution in [3.8, 4) is 5.75 Å². The second-order valence-electron chi connectivity index (χ2n) is 6.98. The summed E-state index contributed by atoms with van der Waals surface area (Å²) in [5.41, 5.74) is 5.79. The number of carbonyl (C=O) groups excluding carboxylic acids is 2. The van der Waals surface area contributed by atoms with Gasteiger partial charge in [0.15, 0.2) is 9.84 Å². The number of hydrazine groups is 1. The Morgan fingerprint density at radius 1 is 1.07 bits per heavy atom. The Kier molecular flexibility index (Phi) is 8.25. The van der Waals surface area contributed by atoms with Crippen molar-refractivity contribution >= 4 is 33.3 Å². The van der Waals surface area contributed by atoms with Gasteiger partial charge in [-0.1, -0.05) is 11.6 Å². The fraction of sp³-hybridized carbons (Fsp3) is 0.333. The summed E-state index contributed by atoms with van der Waals surface area (Å²) in [7, 11) is -3.40. The van der Waals surface area contributed by atoms with Crippen LogP contribution >= 0.6 is 11.6 Å². The molecule has 0 saturated carbocycles. The molecule has 0 spiro atoms. The van der Waals surface area contributed by atoms with Crippen molar-refractivity contribution in [1.29, 1.82) is 0 Å². The van der Waals surface area contributed by atoms with E-state index < -0.39 is 21.0 Å². The second-order valence-corrected chi connectivity index (χ2v) is 9.92. The molecule has 0 aliphatic heterocycles. The highest BCUT2D eigenvalue weighted by atomic mass is 35.5. The Morgan fingerprint density at radius 3 is 2.33 bits per heavy atom. The normalized spacial score (nSPS) is 11.2. The number of rotatable bonds is 8. The van der Waals surface area contributed by atoms with Crippen molar-refractivity contribution < 1.29 is 22.7 Å². The van der Waals surface area contributed by atoms with Gasteiger partial charge < -0.3 is 4.74 Å². The van der Waals surface area contributed by atoms with Crippen LogP contribution in [0.1, 0.15) is 42.6 Å². The highest BCUT2D eigenvalue weighted by Gasteiger charge is 2.19. The smallest absolute Gasteiger partial charge is 0.269 e. The van der Waals surface area contributed by atoms with Gasteiger partial charge in [-0.15, -0.1) is 0 Å². The van der Waals surface area contributed by atoms with Gasteiger partial charge in [-0.3, -0.25) is 20.4 Å². The monoisotopic (exact) mass is 452 g/mol. The lowest BCUT2D eigenvalue weighted by molar-refractivity contribution is -0.122. The summed E-state index contributed by atoms with van der Waals surface area (Å²) in [5.74, 6) is -0.195. The molecule has 162 valence electrons. The third-order valence-corrected chi connectivity index (χ3v) is 6.73. The zero-order valence-electron chi connectivity index (χ0n) is 17.1. The van der Waals surface area contributed by atoms with Crippen LogP contribution in [0.3, 0.4) is 0 Å². The predicted octanol–water partition coefficient (Wildman–Crippen LogP) is 3.45. The highest BCUT2D eigenvalue weighted by molar-refractivity contribution is 7.92. The van der Waals surface area contributed by atoms with Crippen molar-refractivity contribution in [2.75, 3.05) is 6.61 Å². The maximum absolute atomic E-state index is 12.1. The van der Waals surface area contributed by atoms with E-state index in [4.69, 9.17) is 16.3 Å². The quantitative estimate of drug-likeness (QED) is 0.471. The summed E-state index contributed by atoms with van der Waals surface area (Å²) in [5, 5.41) is 0.0789. The average Bonchev–Trinajstić information content (AvgIpc) is 2.70. The van der Waals surface area contributed by atoms with Crippen LogP contribution in [-0.2, 0) is 14.6 Å². The molecule has 0 aliphatic carbocycles. The molecule has 2 amide bonds. The summed E-state index contributed by atoms with van der Waals surface area (Å²) < 4.78 is 29.8. The first-order valence-electron chi connectivity index (χ1n) is 9.43. The molecule has 0 unspecified atom stereocenters. The van der Waals surface area contributed by atoms with Gasteiger partial charge in [0.05, 0.1) is 16.8 Å². The van der Waals surface area contributed by atoms with Gasteiger partial charge in [-0.2, -0.15) is 0 Å². The van der Waals surface area contributed by atoms with E-state index in [-0.39, 0.29) is 22.8 Å². The number of ether oxygens (including phenoxy) is 1. The minimum absolute atomic E-state index is 0.147. The molecule has 9 heteroatoms. The number of hydrogen-bond donors (Lipinski definition) is 2. The SMILES string of the molecule is Cc1cc(Cl)ccc1OCCCC(=O)NNC(=O)c1ccc(S(=O)(=O)C(C)C)cc1. The fourth-order valence-electron chi connectivity index (χ4n) is 2.52. The lowest BCUT2D eigenvalue weighted by Crippen LogP contribution is -2.41. The molecule has 2 N–H and O–H groups in total. The second kappa shape index (κ2) is 10.4. The van der Waals surface area contributed by atoms with Gasteiger partial charge in [0.1, 0.15) is 5.75 Å². The summed E-state index contributed by atoms with van der Waals surface area (Å²) in [6.45, 7) is 5.41. The highest BCUT2D eigenvalue weighted by Crippen LogP contribution is 2.22. The number of amides is 2. The molecular formula is C21H25ClN2O5S. The number of sulfone groups is 1. The zero-order chi connectivity index (χ0) is 22.3. The first-order valence-corrected chi connectivity index (χ1v) is 11.4. The van der Waals surface area contributed by atoms with E-state index in [2.05, 4.69) is 10.9 Å². The van der Waals surface area contributed by atoms with E-state index in [1.165, 1.54) is 24.3 Å². The Labute approximate surface area is 181 Å². The van der Waals surface area contributed by atoms with Crippen molar-refractivity contribution in [3.05, 3.63) is 58.6 Å². The molecule has 0 bridgehead atoms. The van der Waals surface area contributed by atoms with E-state index in [9.17, 15) is 18.0 Å². The van der Waals surface area contributed by atoms with Gasteiger partial charge in [0.2, 0.25) is 5.91 Å². The van der Waals surface area contributed by atoms with Crippen LogP contribution in [0.15, 0.2) is 47.4 Å². The van der Waals surface area contributed by atoms with Crippen LogP contribution in [0.2, 0.25) is 5.02 Å². The molecule has 30 heavy (non-hydrogen) atoms. The molecule has 2 aromatic carbocycles. The van der Waals surface area contributed by atoms with Gasteiger partial charge in [0, 0.05) is 17.0 Å². The van der Waals surface area contributed by atoms with Crippen LogP contribution < -0.4 is 15.6 Å². The van der Waals surface area contributed by atoms with Crippen molar-refractivity contribution in [2.45, 2.75) is 43.8 Å². The van der Waals surface area contributed by atoms with Crippen LogP contribution in [0.4, 0.5) is 0 Å². The van der Waals surface area contributed by atoms with Gasteiger partial charge >= 0.3 is 0 Å². The predicted molar refractivity (Wildman–Crippen MR) is 115 cm³/mol. The Balaban J connectivity index is 1.75. The van der Waals surface area contributed by atoms with Crippen LogP contribution in [0.5, 0.6) is 5.75 Å². The third kappa shape index (κ3) is 6.47. The first kappa shape index (κ1) is 23.7. The minimum Gasteiger partial charge on any atom is -0.493 e. The van der Waals surface area contributed by atoms with Crippen LogP contribution in [0.25, 0.3) is 0 Å². The van der Waals surface area contributed by atoms with Crippen molar-refractivity contribution in [3.63, 3.8) is 0 Å². The number of halogens is 1. The lowest BCUT2D eigenvalue weighted by Gasteiger charge is -2.11. The Bertz CT molecular complexity index is 1000. The van der Waals surface area contributed by atoms with E-state index in [0.29, 0.717) is 23.8 Å². The van der Waals surface area contributed by atoms with Gasteiger partial charge in [-0.05, 0) is 75.2 Å². The third-order valence-electron chi connectivity index (χ3n) is 4.32. The topological polar surface area (TPSA) is 102 Å². The van der Waals surface area contributed by atoms with E-state index in [0.717, 1.165) is 5.56 Å². The molecule has 0 aliphatic rings. The molecule has 2 rings (SSSR count). The van der Waals surface area contributed by atoms with Crippen LogP contribution in [-0.4, -0.2) is 32.1 Å². The number of aryl methyl sites for hydroxylation is 1. The molecule has 0 atom stereocenters. The van der Waals surface area contributed by atoms with E-state index >= 15 is 0 Å². The summed E-state index contributed by atoms with van der Waals surface area (Å²) in [6.07, 6.45) is 0.629. The summed E-state index contributed by atoms with van der Waals surface area (Å²) in [4.78, 5) is 24.1. The first-order chi connectivity index (χ1) is 14.1. The fourth-order valence-corrected chi connectivity index (χ4v) is 3.81. The molecular weight excluding hydrogens is 428 g/mol. The molecule has 2 aromatic rings. The van der Waals surface area contributed by atoms with Crippen LogP contribution in [0, 0.1) is 6.92 Å². The molecule has 0 heterocycles. The van der Waals surface area contributed by atoms with Gasteiger partial charge in [-0.25, -0.2) is 8.42 Å². The van der Waals surface area contributed by atoms with Crippen molar-refractivity contribution in [1.82, 2.24) is 10.9 Å². The zero-order valence-corrected chi connectivity index (χ0v) is 18.6. The largest absolute Gasteiger partial charge is 0.493 e. The number of carbonyl (C=O) groups is 2. The Morgan fingerprint density at radius 2 is 1.73 bits per heavy atom.